The second kappa shape index (κ2) is 6.55. The van der Waals surface area contributed by atoms with E-state index in [9.17, 15) is 4.79 Å². The van der Waals surface area contributed by atoms with Crippen molar-refractivity contribution in [2.45, 2.75) is 19.3 Å². The van der Waals surface area contributed by atoms with Gasteiger partial charge in [-0.05, 0) is 59.9 Å². The first-order valence-electron chi connectivity index (χ1n) is 6.11. The third-order valence-corrected chi connectivity index (χ3v) is 4.50. The molecule has 0 aromatic heterocycles. The van der Waals surface area contributed by atoms with Crippen molar-refractivity contribution in [2.24, 2.45) is 5.92 Å². The number of carbonyl (C=O) groups is 1. The fourth-order valence-corrected chi connectivity index (χ4v) is 2.70. The molecule has 5 heteroatoms. The highest BCUT2D eigenvalue weighted by Gasteiger charge is 2.17. The number of hydrogen-bond acceptors (Lipinski definition) is 2. The smallest absolute Gasteiger partial charge is 0.224 e. The van der Waals surface area contributed by atoms with Crippen molar-refractivity contribution in [3.8, 4) is 0 Å². The third kappa shape index (κ3) is 3.70. The van der Waals surface area contributed by atoms with E-state index in [-0.39, 0.29) is 5.91 Å². The van der Waals surface area contributed by atoms with E-state index >= 15 is 0 Å². The molecule has 18 heavy (non-hydrogen) atoms. The van der Waals surface area contributed by atoms with Crippen molar-refractivity contribution in [3.05, 3.63) is 27.7 Å². The van der Waals surface area contributed by atoms with Crippen LogP contribution < -0.4 is 10.6 Å². The summed E-state index contributed by atoms with van der Waals surface area (Å²) in [6.07, 6.45) is 2.84. The van der Waals surface area contributed by atoms with Crippen LogP contribution in [0.15, 0.2) is 22.7 Å². The number of nitrogens with one attached hydrogen (secondary N) is 2. The Morgan fingerprint density at radius 2 is 2.39 bits per heavy atom. The first kappa shape index (κ1) is 13.8. The molecule has 2 rings (SSSR count). The molecule has 3 nitrogen and oxygen atoms in total. The van der Waals surface area contributed by atoms with E-state index in [1.165, 1.54) is 0 Å². The normalized spacial score (nSPS) is 19.6. The molecular formula is C13H16BrClN2O. The number of halogens is 2. The van der Waals surface area contributed by atoms with Gasteiger partial charge >= 0.3 is 0 Å². The molecule has 1 saturated heterocycles. The van der Waals surface area contributed by atoms with Gasteiger partial charge in [-0.15, -0.1) is 0 Å². The van der Waals surface area contributed by atoms with Crippen LogP contribution in [0.2, 0.25) is 5.02 Å². The van der Waals surface area contributed by atoms with Gasteiger partial charge < -0.3 is 10.6 Å². The fourth-order valence-electron chi connectivity index (χ4n) is 2.16. The van der Waals surface area contributed by atoms with Gasteiger partial charge in [-0.3, -0.25) is 4.79 Å². The molecule has 1 unspecified atom stereocenters. The molecule has 1 fully saturated rings. The summed E-state index contributed by atoms with van der Waals surface area (Å²) in [7, 11) is 0. The van der Waals surface area contributed by atoms with E-state index in [2.05, 4.69) is 26.6 Å². The van der Waals surface area contributed by atoms with Crippen LogP contribution in [0.4, 0.5) is 5.69 Å². The minimum atomic E-state index is 0.0478. The summed E-state index contributed by atoms with van der Waals surface area (Å²) in [5.41, 5.74) is 0.733. The Bertz CT molecular complexity index is 433. The third-order valence-electron chi connectivity index (χ3n) is 3.10. The molecule has 1 aromatic carbocycles. The lowest BCUT2D eigenvalue weighted by Gasteiger charge is -2.22. The first-order valence-corrected chi connectivity index (χ1v) is 7.28. The number of hydrogen-bond donors (Lipinski definition) is 2. The maximum absolute atomic E-state index is 11.9. The van der Waals surface area contributed by atoms with Gasteiger partial charge in [-0.25, -0.2) is 0 Å². The summed E-state index contributed by atoms with van der Waals surface area (Å²) in [5.74, 6) is 0.489. The second-order valence-corrected chi connectivity index (χ2v) is 5.77. The van der Waals surface area contributed by atoms with E-state index in [1.54, 1.807) is 6.07 Å². The van der Waals surface area contributed by atoms with Crippen LogP contribution in [0.1, 0.15) is 19.3 Å². The van der Waals surface area contributed by atoms with Crippen molar-refractivity contribution < 1.29 is 4.79 Å². The Kier molecular flexibility index (Phi) is 5.03. The summed E-state index contributed by atoms with van der Waals surface area (Å²) >= 11 is 9.36. The molecule has 2 N–H and O–H groups in total. The Balaban J connectivity index is 1.92. The van der Waals surface area contributed by atoms with Crippen molar-refractivity contribution in [3.63, 3.8) is 0 Å². The zero-order valence-electron chi connectivity index (χ0n) is 10.0. The maximum atomic E-state index is 11.9. The lowest BCUT2D eigenvalue weighted by molar-refractivity contribution is -0.117. The molecule has 1 aliphatic heterocycles. The first-order chi connectivity index (χ1) is 8.66. The Hall–Kier alpha value is -0.580. The highest BCUT2D eigenvalue weighted by atomic mass is 79.9. The summed E-state index contributed by atoms with van der Waals surface area (Å²) in [6.45, 7) is 2.00. The molecule has 0 saturated carbocycles. The molecule has 0 aliphatic carbocycles. The molecule has 1 aliphatic rings. The Labute approximate surface area is 120 Å². The van der Waals surface area contributed by atoms with Gasteiger partial charge in [0.1, 0.15) is 0 Å². The zero-order chi connectivity index (χ0) is 13.0. The van der Waals surface area contributed by atoms with Crippen LogP contribution in [0, 0.1) is 5.92 Å². The minimum Gasteiger partial charge on any atom is -0.325 e. The largest absolute Gasteiger partial charge is 0.325 e. The second-order valence-electron chi connectivity index (χ2n) is 4.57. The average molecular weight is 332 g/mol. The van der Waals surface area contributed by atoms with E-state index < -0.39 is 0 Å². The van der Waals surface area contributed by atoms with E-state index in [4.69, 9.17) is 11.6 Å². The Morgan fingerprint density at radius 1 is 1.56 bits per heavy atom. The standard InChI is InChI=1S/C13H16BrClN2O/c14-13-10(15)4-1-5-11(13)17-12(18)7-9-3-2-6-16-8-9/h1,4-5,9,16H,2-3,6-8H2,(H,17,18). The maximum Gasteiger partial charge on any atom is 0.224 e. The van der Waals surface area contributed by atoms with Crippen molar-refractivity contribution in [1.29, 1.82) is 0 Å². The van der Waals surface area contributed by atoms with Gasteiger partial charge in [0, 0.05) is 6.42 Å². The monoisotopic (exact) mass is 330 g/mol. The number of rotatable bonds is 3. The van der Waals surface area contributed by atoms with E-state index in [0.29, 0.717) is 17.4 Å². The summed E-state index contributed by atoms with van der Waals surface area (Å²) in [4.78, 5) is 11.9. The van der Waals surface area contributed by atoms with Crippen LogP contribution in [0.5, 0.6) is 0 Å². The molecule has 0 spiro atoms. The summed E-state index contributed by atoms with van der Waals surface area (Å²) < 4.78 is 0.738. The SMILES string of the molecule is O=C(CC1CCCNC1)Nc1cccc(Cl)c1Br. The molecule has 98 valence electrons. The van der Waals surface area contributed by atoms with Crippen molar-refractivity contribution in [1.82, 2.24) is 5.32 Å². The lowest BCUT2D eigenvalue weighted by atomic mass is 9.96. The van der Waals surface area contributed by atoms with Crippen molar-refractivity contribution >= 4 is 39.1 Å². The molecule has 0 bridgehead atoms. The quantitative estimate of drug-likeness (QED) is 0.891. The predicted octanol–water partition coefficient (Wildman–Crippen LogP) is 3.43. The lowest BCUT2D eigenvalue weighted by Crippen LogP contribution is -2.32. The van der Waals surface area contributed by atoms with Gasteiger partial charge in [0.15, 0.2) is 0 Å². The van der Waals surface area contributed by atoms with Crippen molar-refractivity contribution in [2.75, 3.05) is 18.4 Å². The van der Waals surface area contributed by atoms with E-state index in [1.807, 2.05) is 12.1 Å². The molecule has 0 radical (unpaired) electrons. The van der Waals surface area contributed by atoms with E-state index in [0.717, 1.165) is 36.1 Å². The average Bonchev–Trinajstić information content (AvgIpc) is 2.36. The molecule has 1 amide bonds. The van der Waals surface area contributed by atoms with Gasteiger partial charge in [-0.1, -0.05) is 17.7 Å². The topological polar surface area (TPSA) is 41.1 Å². The highest BCUT2D eigenvalue weighted by Crippen LogP contribution is 2.30. The van der Waals surface area contributed by atoms with Crippen LogP contribution in [0.25, 0.3) is 0 Å². The van der Waals surface area contributed by atoms with Crippen LogP contribution in [0.3, 0.4) is 0 Å². The number of anilines is 1. The number of benzene rings is 1. The van der Waals surface area contributed by atoms with Crippen LogP contribution in [-0.2, 0) is 4.79 Å². The van der Waals surface area contributed by atoms with Crippen LogP contribution >= 0.6 is 27.5 Å². The molecular weight excluding hydrogens is 316 g/mol. The summed E-state index contributed by atoms with van der Waals surface area (Å²) in [6, 6.07) is 5.45. The molecule has 1 atom stereocenters. The van der Waals surface area contributed by atoms with Crippen LogP contribution in [-0.4, -0.2) is 19.0 Å². The fraction of sp³-hybridized carbons (Fsp3) is 0.462. The van der Waals surface area contributed by atoms with Gasteiger partial charge in [0.25, 0.3) is 0 Å². The molecule has 1 aromatic rings. The van der Waals surface area contributed by atoms with Gasteiger partial charge in [0.05, 0.1) is 15.2 Å². The molecule has 1 heterocycles. The zero-order valence-corrected chi connectivity index (χ0v) is 12.4. The van der Waals surface area contributed by atoms with Gasteiger partial charge in [-0.2, -0.15) is 0 Å². The van der Waals surface area contributed by atoms with Gasteiger partial charge in [0.2, 0.25) is 5.91 Å². The number of carbonyl (C=O) groups excluding carboxylic acids is 1. The highest BCUT2D eigenvalue weighted by molar-refractivity contribution is 9.10. The predicted molar refractivity (Wildman–Crippen MR) is 78.0 cm³/mol. The summed E-state index contributed by atoms with van der Waals surface area (Å²) in [5, 5.41) is 6.82. The number of amides is 1. The Morgan fingerprint density at radius 3 is 3.11 bits per heavy atom. The number of piperidine rings is 1. The minimum absolute atomic E-state index is 0.0478.